The normalized spacial score (nSPS) is 26.6. The lowest BCUT2D eigenvalue weighted by atomic mass is 10.00. The minimum atomic E-state index is 0.493. The van der Waals surface area contributed by atoms with Crippen LogP contribution in [0.3, 0.4) is 0 Å². The highest BCUT2D eigenvalue weighted by Gasteiger charge is 2.41. The van der Waals surface area contributed by atoms with E-state index in [1.807, 2.05) is 30.3 Å². The lowest BCUT2D eigenvalue weighted by molar-refractivity contribution is 0.0545. The van der Waals surface area contributed by atoms with Gasteiger partial charge in [0.15, 0.2) is 0 Å². The van der Waals surface area contributed by atoms with Crippen molar-refractivity contribution < 1.29 is 4.74 Å². The Bertz CT molecular complexity index is 1060. The molecule has 0 radical (unpaired) electrons. The average Bonchev–Trinajstić information content (AvgIpc) is 3.46. The zero-order valence-electron chi connectivity index (χ0n) is 18.8. The van der Waals surface area contributed by atoms with Crippen LogP contribution in [0.1, 0.15) is 25.7 Å². The topological polar surface area (TPSA) is 68.1 Å². The Labute approximate surface area is 189 Å². The Morgan fingerprint density at radius 3 is 2.53 bits per heavy atom. The Morgan fingerprint density at radius 2 is 1.78 bits per heavy atom. The first kappa shape index (κ1) is 20.1. The van der Waals surface area contributed by atoms with Crippen molar-refractivity contribution in [2.24, 2.45) is 24.8 Å². The van der Waals surface area contributed by atoms with E-state index >= 15 is 0 Å². The summed E-state index contributed by atoms with van der Waals surface area (Å²) in [4.78, 5) is 12.0. The summed E-state index contributed by atoms with van der Waals surface area (Å²) in [6.45, 7) is 5.69. The van der Waals surface area contributed by atoms with Crippen LogP contribution in [0.5, 0.6) is 0 Å². The molecule has 168 valence electrons. The third-order valence-electron chi connectivity index (χ3n) is 7.62. The third kappa shape index (κ3) is 4.11. The van der Waals surface area contributed by atoms with Crippen LogP contribution >= 0.6 is 0 Å². The Balaban J connectivity index is 1.04. The predicted molar refractivity (Wildman–Crippen MR) is 125 cm³/mol. The molecule has 2 saturated heterocycles. The van der Waals surface area contributed by atoms with E-state index in [1.165, 1.54) is 45.3 Å². The molecule has 7 nitrogen and oxygen atoms in total. The van der Waals surface area contributed by atoms with Crippen LogP contribution in [0.4, 0.5) is 5.95 Å². The van der Waals surface area contributed by atoms with Crippen molar-refractivity contribution in [3.05, 3.63) is 36.8 Å². The molecule has 32 heavy (non-hydrogen) atoms. The van der Waals surface area contributed by atoms with E-state index in [4.69, 9.17) is 4.74 Å². The summed E-state index contributed by atoms with van der Waals surface area (Å²) < 4.78 is 7.36. The number of nitrogens with one attached hydrogen (secondary N) is 1. The molecule has 3 aliphatic rings. The molecule has 3 fully saturated rings. The van der Waals surface area contributed by atoms with E-state index in [9.17, 15) is 0 Å². The summed E-state index contributed by atoms with van der Waals surface area (Å²) in [5.41, 5.74) is 3.17. The third-order valence-corrected chi connectivity index (χ3v) is 7.62. The molecule has 4 heterocycles. The lowest BCUT2D eigenvalue weighted by Gasteiger charge is -2.27. The number of nitrogens with zero attached hydrogens (tertiary/aromatic N) is 5. The van der Waals surface area contributed by atoms with Gasteiger partial charge >= 0.3 is 0 Å². The number of ether oxygens (including phenoxy) is 1. The number of hydrogen-bond acceptors (Lipinski definition) is 6. The van der Waals surface area contributed by atoms with E-state index in [1.54, 1.807) is 0 Å². The maximum atomic E-state index is 5.52. The Morgan fingerprint density at radius 1 is 1.03 bits per heavy atom. The molecule has 2 aliphatic heterocycles. The van der Waals surface area contributed by atoms with E-state index in [0.29, 0.717) is 6.04 Å². The van der Waals surface area contributed by atoms with Gasteiger partial charge in [-0.2, -0.15) is 5.10 Å². The summed E-state index contributed by atoms with van der Waals surface area (Å²) in [6.07, 6.45) is 10.8. The second-order valence-electron chi connectivity index (χ2n) is 9.98. The van der Waals surface area contributed by atoms with Gasteiger partial charge in [0.25, 0.3) is 0 Å². The van der Waals surface area contributed by atoms with Gasteiger partial charge in [-0.25, -0.2) is 9.97 Å². The fraction of sp³-hybridized carbons (Fsp3) is 0.560. The van der Waals surface area contributed by atoms with Gasteiger partial charge in [0.2, 0.25) is 5.95 Å². The van der Waals surface area contributed by atoms with Crippen molar-refractivity contribution in [2.75, 3.05) is 38.2 Å². The summed E-state index contributed by atoms with van der Waals surface area (Å²) in [5.74, 6) is 3.22. The minimum absolute atomic E-state index is 0.493. The highest BCUT2D eigenvalue weighted by Crippen LogP contribution is 2.39. The maximum Gasteiger partial charge on any atom is 0.222 e. The molecular formula is C25H32N6O. The quantitative estimate of drug-likeness (QED) is 0.665. The zero-order chi connectivity index (χ0) is 21.5. The number of fused-ring (bicyclic) bond motifs is 2. The molecule has 1 saturated carbocycles. The molecule has 7 heteroatoms. The number of rotatable bonds is 5. The Kier molecular flexibility index (Phi) is 5.31. The van der Waals surface area contributed by atoms with E-state index < -0.39 is 0 Å². The van der Waals surface area contributed by atoms with Crippen molar-refractivity contribution in [3.63, 3.8) is 0 Å². The SMILES string of the molecule is Cn1cc2cc(-c3cnc(NC4CC5CN(CC6CCOCC6)CC5C4)nc3)ccc2n1. The highest BCUT2D eigenvalue weighted by atomic mass is 16.5. The molecule has 6 rings (SSSR count). The van der Waals surface area contributed by atoms with Crippen molar-refractivity contribution in [2.45, 2.75) is 31.7 Å². The van der Waals surface area contributed by atoms with Gasteiger partial charge in [-0.1, -0.05) is 6.07 Å². The van der Waals surface area contributed by atoms with E-state index in [2.05, 4.69) is 43.5 Å². The van der Waals surface area contributed by atoms with Crippen LogP contribution in [0.25, 0.3) is 22.0 Å². The smallest absolute Gasteiger partial charge is 0.222 e. The van der Waals surface area contributed by atoms with Crippen molar-refractivity contribution in [1.82, 2.24) is 24.6 Å². The molecule has 1 aliphatic carbocycles. The standard InChI is InChI=1S/C25H32N6O/c1-30-14-21-8-18(2-3-24(21)29-30)22-11-26-25(27-12-22)28-23-9-19-15-31(16-20(19)10-23)13-17-4-6-32-7-5-17/h2-3,8,11-12,14,17,19-20,23H,4-7,9-10,13,15-16H2,1H3,(H,26,27,28). The first-order valence-electron chi connectivity index (χ1n) is 12.0. The molecule has 0 spiro atoms. The molecule has 0 amide bonds. The van der Waals surface area contributed by atoms with Gasteiger partial charge in [0.1, 0.15) is 0 Å². The van der Waals surface area contributed by atoms with E-state index in [-0.39, 0.29) is 0 Å². The molecule has 3 aromatic rings. The highest BCUT2D eigenvalue weighted by molar-refractivity contribution is 5.83. The predicted octanol–water partition coefficient (Wildman–Crippen LogP) is 3.58. The van der Waals surface area contributed by atoms with Crippen LogP contribution in [0.2, 0.25) is 0 Å². The number of likely N-dealkylation sites (tertiary alicyclic amines) is 1. The van der Waals surface area contributed by atoms with Crippen molar-refractivity contribution >= 4 is 16.9 Å². The van der Waals surface area contributed by atoms with E-state index in [0.717, 1.165) is 58.9 Å². The summed E-state index contributed by atoms with van der Waals surface area (Å²) in [5, 5.41) is 9.19. The lowest BCUT2D eigenvalue weighted by Crippen LogP contribution is -2.32. The fourth-order valence-electron chi connectivity index (χ4n) is 6.02. The molecule has 2 atom stereocenters. The fourth-order valence-corrected chi connectivity index (χ4v) is 6.02. The van der Waals surface area contributed by atoms with Crippen LogP contribution in [-0.2, 0) is 11.8 Å². The monoisotopic (exact) mass is 432 g/mol. The van der Waals surface area contributed by atoms with Gasteiger partial charge < -0.3 is 15.0 Å². The number of hydrogen-bond donors (Lipinski definition) is 1. The van der Waals surface area contributed by atoms with Crippen molar-refractivity contribution in [1.29, 1.82) is 0 Å². The minimum Gasteiger partial charge on any atom is -0.381 e. The zero-order valence-corrected chi connectivity index (χ0v) is 18.8. The number of anilines is 1. The van der Waals surface area contributed by atoms with Gasteiger partial charge in [-0.05, 0) is 61.1 Å². The average molecular weight is 433 g/mol. The number of aromatic nitrogens is 4. The summed E-state index contributed by atoms with van der Waals surface area (Å²) >= 11 is 0. The van der Waals surface area contributed by atoms with Crippen LogP contribution in [0, 0.1) is 17.8 Å². The van der Waals surface area contributed by atoms with Crippen LogP contribution < -0.4 is 5.32 Å². The summed E-state index contributed by atoms with van der Waals surface area (Å²) in [7, 11) is 1.95. The first-order chi connectivity index (χ1) is 15.7. The largest absolute Gasteiger partial charge is 0.381 e. The molecule has 1 aromatic carbocycles. The maximum absolute atomic E-state index is 5.52. The number of benzene rings is 1. The molecule has 2 unspecified atom stereocenters. The Hall–Kier alpha value is -2.51. The first-order valence-corrected chi connectivity index (χ1v) is 12.0. The van der Waals surface area contributed by atoms with Crippen LogP contribution in [0.15, 0.2) is 36.8 Å². The molecule has 2 aromatic heterocycles. The van der Waals surface area contributed by atoms with Crippen LogP contribution in [-0.4, -0.2) is 63.5 Å². The van der Waals surface area contributed by atoms with Gasteiger partial charge in [-0.3, -0.25) is 4.68 Å². The van der Waals surface area contributed by atoms with Crippen molar-refractivity contribution in [3.8, 4) is 11.1 Å². The number of aryl methyl sites for hydroxylation is 1. The molecular weight excluding hydrogens is 400 g/mol. The van der Waals surface area contributed by atoms with Gasteiger partial charge in [-0.15, -0.1) is 0 Å². The molecule has 0 bridgehead atoms. The summed E-state index contributed by atoms with van der Waals surface area (Å²) in [6, 6.07) is 6.79. The second kappa shape index (κ2) is 8.45. The second-order valence-corrected chi connectivity index (χ2v) is 9.98. The van der Waals surface area contributed by atoms with Gasteiger partial charge in [0.05, 0.1) is 5.52 Å². The van der Waals surface area contributed by atoms with Gasteiger partial charge in [0, 0.05) is 75.5 Å². The molecule has 1 N–H and O–H groups in total.